The number of hydrogen-bond acceptors (Lipinski definition) is 0. The molecule has 0 spiro atoms. The molecular weight excluding hydrogens is 180 g/mol. The molecule has 0 nitrogen and oxygen atoms in total. The molecule has 3 unspecified atom stereocenters. The van der Waals surface area contributed by atoms with Crippen molar-refractivity contribution in [3.8, 4) is 0 Å². The molecule has 0 aliphatic heterocycles. The summed E-state index contributed by atoms with van der Waals surface area (Å²) in [5.74, 6) is 3.32. The van der Waals surface area contributed by atoms with Gasteiger partial charge in [0.15, 0.2) is 0 Å². The van der Waals surface area contributed by atoms with Gasteiger partial charge in [0.05, 0.1) is 0 Å². The third-order valence-electron chi connectivity index (χ3n) is 4.84. The van der Waals surface area contributed by atoms with Crippen molar-refractivity contribution in [3.63, 3.8) is 0 Å². The molecule has 3 rings (SSSR count). The minimum Gasteiger partial charge on any atom is -0.0851 e. The lowest BCUT2D eigenvalue weighted by Gasteiger charge is -2.39. The summed E-state index contributed by atoms with van der Waals surface area (Å²) >= 11 is 0. The third kappa shape index (κ3) is 1.34. The van der Waals surface area contributed by atoms with Gasteiger partial charge in [0.1, 0.15) is 0 Å². The molecule has 15 heavy (non-hydrogen) atoms. The molecule has 0 amide bonds. The molecule has 1 fully saturated rings. The van der Waals surface area contributed by atoms with Gasteiger partial charge >= 0.3 is 0 Å². The molecule has 0 aromatic heterocycles. The van der Waals surface area contributed by atoms with E-state index in [-0.39, 0.29) is 0 Å². The summed E-state index contributed by atoms with van der Waals surface area (Å²) in [6, 6.07) is 0. The SMILES string of the molecule is CC(C)(C1C=CC=C1)C1CC2C=CC1C2. The van der Waals surface area contributed by atoms with Gasteiger partial charge in [-0.3, -0.25) is 0 Å². The maximum atomic E-state index is 2.48. The second-order valence-electron chi connectivity index (χ2n) is 6.00. The topological polar surface area (TPSA) is 0 Å². The molecule has 3 aliphatic rings. The summed E-state index contributed by atoms with van der Waals surface area (Å²) in [6.45, 7) is 4.91. The fourth-order valence-corrected chi connectivity index (χ4v) is 3.81. The second-order valence-corrected chi connectivity index (χ2v) is 6.00. The lowest BCUT2D eigenvalue weighted by Crippen LogP contribution is -2.32. The van der Waals surface area contributed by atoms with E-state index in [0.717, 1.165) is 17.8 Å². The molecule has 2 bridgehead atoms. The fourth-order valence-electron chi connectivity index (χ4n) is 3.81. The minimum absolute atomic E-state index is 0.438. The monoisotopic (exact) mass is 200 g/mol. The molecule has 0 saturated heterocycles. The Bertz CT molecular complexity index is 331. The summed E-state index contributed by atoms with van der Waals surface area (Å²) < 4.78 is 0. The van der Waals surface area contributed by atoms with Crippen LogP contribution >= 0.6 is 0 Å². The van der Waals surface area contributed by atoms with E-state index in [1.807, 2.05) is 0 Å². The van der Waals surface area contributed by atoms with Crippen LogP contribution < -0.4 is 0 Å². The van der Waals surface area contributed by atoms with Crippen molar-refractivity contribution < 1.29 is 0 Å². The molecule has 1 saturated carbocycles. The van der Waals surface area contributed by atoms with Gasteiger partial charge in [0.2, 0.25) is 0 Å². The molecule has 0 N–H and O–H groups in total. The first-order chi connectivity index (χ1) is 7.18. The predicted molar refractivity (Wildman–Crippen MR) is 64.4 cm³/mol. The van der Waals surface area contributed by atoms with Crippen molar-refractivity contribution in [1.29, 1.82) is 0 Å². The molecule has 3 aliphatic carbocycles. The molecule has 0 aromatic rings. The Morgan fingerprint density at radius 1 is 0.933 bits per heavy atom. The maximum Gasteiger partial charge on any atom is 0.000686 e. The smallest absolute Gasteiger partial charge is 0.000686 e. The van der Waals surface area contributed by atoms with Gasteiger partial charge in [-0.25, -0.2) is 0 Å². The standard InChI is InChI=1S/C15H20/c1-15(2,13-5-3-4-6-13)14-10-11-7-8-12(14)9-11/h3-8,11-14H,9-10H2,1-2H3. The van der Waals surface area contributed by atoms with Crippen molar-refractivity contribution in [1.82, 2.24) is 0 Å². The molecular formula is C15H20. The zero-order valence-electron chi connectivity index (χ0n) is 9.69. The minimum atomic E-state index is 0.438. The summed E-state index contributed by atoms with van der Waals surface area (Å²) in [7, 11) is 0. The van der Waals surface area contributed by atoms with Gasteiger partial charge in [-0.05, 0) is 36.0 Å². The Hall–Kier alpha value is -0.780. The summed E-state index contributed by atoms with van der Waals surface area (Å²) in [4.78, 5) is 0. The van der Waals surface area contributed by atoms with E-state index in [1.165, 1.54) is 12.8 Å². The van der Waals surface area contributed by atoms with Crippen LogP contribution in [-0.2, 0) is 0 Å². The van der Waals surface area contributed by atoms with E-state index in [9.17, 15) is 0 Å². The Kier molecular flexibility index (Phi) is 1.95. The number of rotatable bonds is 2. The summed E-state index contributed by atoms with van der Waals surface area (Å²) in [5.41, 5.74) is 0.438. The average molecular weight is 200 g/mol. The quantitative estimate of drug-likeness (QED) is 0.592. The second kappa shape index (κ2) is 3.10. The van der Waals surface area contributed by atoms with Gasteiger partial charge in [0.25, 0.3) is 0 Å². The zero-order valence-corrected chi connectivity index (χ0v) is 9.69. The van der Waals surface area contributed by atoms with E-state index in [1.54, 1.807) is 0 Å². The zero-order chi connectivity index (χ0) is 10.5. The highest BCUT2D eigenvalue weighted by molar-refractivity contribution is 5.23. The van der Waals surface area contributed by atoms with Crippen molar-refractivity contribution in [3.05, 3.63) is 36.5 Å². The van der Waals surface area contributed by atoms with Crippen LogP contribution in [0.5, 0.6) is 0 Å². The lowest BCUT2D eigenvalue weighted by molar-refractivity contribution is 0.146. The van der Waals surface area contributed by atoms with Crippen LogP contribution in [-0.4, -0.2) is 0 Å². The van der Waals surface area contributed by atoms with Gasteiger partial charge in [0, 0.05) is 5.92 Å². The van der Waals surface area contributed by atoms with Crippen molar-refractivity contribution in [2.24, 2.45) is 29.1 Å². The van der Waals surface area contributed by atoms with Gasteiger partial charge in [-0.15, -0.1) is 0 Å². The molecule has 0 heteroatoms. The van der Waals surface area contributed by atoms with Crippen molar-refractivity contribution in [2.75, 3.05) is 0 Å². The lowest BCUT2D eigenvalue weighted by atomic mass is 9.65. The first-order valence-corrected chi connectivity index (χ1v) is 6.21. The van der Waals surface area contributed by atoms with E-state index >= 15 is 0 Å². The number of fused-ring (bicyclic) bond motifs is 2. The largest absolute Gasteiger partial charge is 0.0851 e. The molecule has 80 valence electrons. The molecule has 0 heterocycles. The first kappa shape index (κ1) is 9.45. The van der Waals surface area contributed by atoms with Crippen LogP contribution in [0, 0.1) is 29.1 Å². The third-order valence-corrected chi connectivity index (χ3v) is 4.84. The van der Waals surface area contributed by atoms with Crippen LogP contribution in [0.1, 0.15) is 26.7 Å². The van der Waals surface area contributed by atoms with Crippen LogP contribution in [0.25, 0.3) is 0 Å². The van der Waals surface area contributed by atoms with Crippen LogP contribution in [0.2, 0.25) is 0 Å². The fraction of sp³-hybridized carbons (Fsp3) is 0.600. The molecule has 0 aromatic carbocycles. The molecule has 0 radical (unpaired) electrons. The van der Waals surface area contributed by atoms with E-state index < -0.39 is 0 Å². The van der Waals surface area contributed by atoms with Crippen molar-refractivity contribution in [2.45, 2.75) is 26.7 Å². The van der Waals surface area contributed by atoms with E-state index in [2.05, 4.69) is 50.3 Å². The van der Waals surface area contributed by atoms with E-state index in [4.69, 9.17) is 0 Å². The highest BCUT2D eigenvalue weighted by atomic mass is 14.5. The number of allylic oxidation sites excluding steroid dienone is 6. The van der Waals surface area contributed by atoms with Gasteiger partial charge in [-0.1, -0.05) is 50.3 Å². The van der Waals surface area contributed by atoms with E-state index in [0.29, 0.717) is 11.3 Å². The Morgan fingerprint density at radius 3 is 2.20 bits per heavy atom. The van der Waals surface area contributed by atoms with Crippen LogP contribution in [0.4, 0.5) is 0 Å². The highest BCUT2D eigenvalue weighted by Crippen LogP contribution is 2.54. The molecule has 3 atom stereocenters. The Labute approximate surface area is 92.8 Å². The van der Waals surface area contributed by atoms with Crippen molar-refractivity contribution >= 4 is 0 Å². The predicted octanol–water partition coefficient (Wildman–Crippen LogP) is 3.97. The summed E-state index contributed by atoms with van der Waals surface area (Å²) in [5, 5.41) is 0. The Balaban J connectivity index is 1.84. The average Bonchev–Trinajstić information content (AvgIpc) is 2.94. The summed E-state index contributed by atoms with van der Waals surface area (Å²) in [6.07, 6.45) is 16.9. The number of hydrogen-bond donors (Lipinski definition) is 0. The normalized spacial score (nSPS) is 38.4. The van der Waals surface area contributed by atoms with Gasteiger partial charge in [-0.2, -0.15) is 0 Å². The highest BCUT2D eigenvalue weighted by Gasteiger charge is 2.46. The maximum absolute atomic E-state index is 2.48. The Morgan fingerprint density at radius 2 is 1.67 bits per heavy atom. The first-order valence-electron chi connectivity index (χ1n) is 6.21. The van der Waals surface area contributed by atoms with Crippen LogP contribution in [0.3, 0.4) is 0 Å². The van der Waals surface area contributed by atoms with Gasteiger partial charge < -0.3 is 0 Å². The van der Waals surface area contributed by atoms with Crippen LogP contribution in [0.15, 0.2) is 36.5 Å².